The SMILES string of the molecule is CCCCCCCCC(CCCCCC)CC(=O)OCCCCCCCCCC(CCCCCCCCCOC(=O)C(CCCCCC)CCCCCCCC)OC(=N)CCCCN(C)C. The Hall–Kier alpha value is -1.63. The standard InChI is InChI=1S/C59H116N2O5/c1-7-11-15-19-27-34-44-54(43-33-17-13-9-3)53-58(62)64-51-41-31-25-21-23-29-37-47-56(66-57(60)49-39-40-50-61(5)6)48-38-30-24-22-26-32-42-52-65-59(63)55(45-35-18-14-10-4)46-36-28-20-16-12-8-2/h54-56,60H,7-53H2,1-6H3. The zero-order chi connectivity index (χ0) is 48.4. The Bertz CT molecular complexity index is 1040. The summed E-state index contributed by atoms with van der Waals surface area (Å²) in [5.41, 5.74) is 0. The summed E-state index contributed by atoms with van der Waals surface area (Å²) in [4.78, 5) is 28.0. The number of carbonyl (C=O) groups excluding carboxylic acids is 2. The summed E-state index contributed by atoms with van der Waals surface area (Å²) >= 11 is 0. The Kier molecular flexibility index (Phi) is 50.0. The molecule has 7 heteroatoms. The van der Waals surface area contributed by atoms with Crippen LogP contribution in [-0.2, 0) is 23.8 Å². The molecular weight excluding hydrogens is 817 g/mol. The lowest BCUT2D eigenvalue weighted by Crippen LogP contribution is -2.19. The second-order valence-corrected chi connectivity index (χ2v) is 20.9. The smallest absolute Gasteiger partial charge is 0.308 e. The molecule has 0 aromatic rings. The molecule has 0 saturated heterocycles. The Labute approximate surface area is 412 Å². The third-order valence-electron chi connectivity index (χ3n) is 13.9. The lowest BCUT2D eigenvalue weighted by atomic mass is 9.91. The average Bonchev–Trinajstić information content (AvgIpc) is 3.30. The van der Waals surface area contributed by atoms with Gasteiger partial charge < -0.3 is 19.1 Å². The van der Waals surface area contributed by atoms with Crippen molar-refractivity contribution in [2.45, 2.75) is 316 Å². The summed E-state index contributed by atoms with van der Waals surface area (Å²) in [5, 5.41) is 8.57. The number of carbonyl (C=O) groups is 2. The molecule has 0 aromatic carbocycles. The number of unbranched alkanes of at least 4 members (excludes halogenated alkanes) is 29. The molecule has 0 aromatic heterocycles. The summed E-state index contributed by atoms with van der Waals surface area (Å²) in [5.74, 6) is 1.17. The van der Waals surface area contributed by atoms with Gasteiger partial charge in [0.1, 0.15) is 6.10 Å². The molecule has 1 N–H and O–H groups in total. The maximum Gasteiger partial charge on any atom is 0.308 e. The molecule has 66 heavy (non-hydrogen) atoms. The number of hydrogen-bond acceptors (Lipinski definition) is 7. The third-order valence-corrected chi connectivity index (χ3v) is 13.9. The molecule has 3 unspecified atom stereocenters. The van der Waals surface area contributed by atoms with Gasteiger partial charge in [-0.05, 0) is 104 Å². The minimum atomic E-state index is 0.0290. The van der Waals surface area contributed by atoms with Crippen LogP contribution in [0.5, 0.6) is 0 Å². The molecule has 0 bridgehead atoms. The van der Waals surface area contributed by atoms with E-state index in [0.717, 1.165) is 103 Å². The maximum atomic E-state index is 13.0. The lowest BCUT2D eigenvalue weighted by molar-refractivity contribution is -0.149. The first-order chi connectivity index (χ1) is 32.3. The molecule has 0 radical (unpaired) electrons. The Morgan fingerprint density at radius 3 is 1.23 bits per heavy atom. The van der Waals surface area contributed by atoms with Crippen LogP contribution in [0.2, 0.25) is 0 Å². The van der Waals surface area contributed by atoms with Crippen LogP contribution in [0.1, 0.15) is 310 Å². The van der Waals surface area contributed by atoms with Gasteiger partial charge in [-0.15, -0.1) is 0 Å². The average molecular weight is 934 g/mol. The minimum Gasteiger partial charge on any atom is -0.478 e. The largest absolute Gasteiger partial charge is 0.478 e. The van der Waals surface area contributed by atoms with Crippen molar-refractivity contribution < 1.29 is 23.8 Å². The van der Waals surface area contributed by atoms with E-state index in [2.05, 4.69) is 46.7 Å². The van der Waals surface area contributed by atoms with E-state index in [0.29, 0.717) is 31.5 Å². The molecule has 0 rings (SSSR count). The van der Waals surface area contributed by atoms with Crippen molar-refractivity contribution in [3.8, 4) is 0 Å². The Morgan fingerprint density at radius 2 is 0.788 bits per heavy atom. The molecule has 0 aliphatic heterocycles. The van der Waals surface area contributed by atoms with Crippen LogP contribution < -0.4 is 0 Å². The zero-order valence-electron chi connectivity index (χ0n) is 45.5. The van der Waals surface area contributed by atoms with E-state index in [1.165, 1.54) is 180 Å². The van der Waals surface area contributed by atoms with E-state index in [4.69, 9.17) is 19.6 Å². The van der Waals surface area contributed by atoms with E-state index < -0.39 is 0 Å². The molecule has 0 amide bonds. The predicted molar refractivity (Wildman–Crippen MR) is 286 cm³/mol. The maximum absolute atomic E-state index is 13.0. The van der Waals surface area contributed by atoms with Crippen LogP contribution in [-0.4, -0.2) is 62.7 Å². The normalized spacial score (nSPS) is 13.0. The fraction of sp³-hybridized carbons (Fsp3) is 0.949. The summed E-state index contributed by atoms with van der Waals surface area (Å²) in [6.45, 7) is 11.3. The fourth-order valence-corrected chi connectivity index (χ4v) is 9.51. The first kappa shape index (κ1) is 64.4. The highest BCUT2D eigenvalue weighted by atomic mass is 16.5. The van der Waals surface area contributed by atoms with Gasteiger partial charge in [0.15, 0.2) is 5.90 Å². The van der Waals surface area contributed by atoms with Gasteiger partial charge in [0.25, 0.3) is 0 Å². The molecule has 0 heterocycles. The minimum absolute atomic E-state index is 0.0290. The highest BCUT2D eigenvalue weighted by Gasteiger charge is 2.20. The van der Waals surface area contributed by atoms with Gasteiger partial charge in [0.05, 0.1) is 19.1 Å². The van der Waals surface area contributed by atoms with Gasteiger partial charge in [-0.2, -0.15) is 0 Å². The summed E-state index contributed by atoms with van der Waals surface area (Å²) < 4.78 is 17.9. The van der Waals surface area contributed by atoms with Crippen LogP contribution >= 0.6 is 0 Å². The van der Waals surface area contributed by atoms with E-state index in [-0.39, 0.29) is 24.0 Å². The summed E-state index contributed by atoms with van der Waals surface area (Å²) in [6, 6.07) is 0. The van der Waals surface area contributed by atoms with Crippen molar-refractivity contribution in [1.29, 1.82) is 5.41 Å². The van der Waals surface area contributed by atoms with Gasteiger partial charge in [-0.3, -0.25) is 15.0 Å². The van der Waals surface area contributed by atoms with Crippen molar-refractivity contribution in [2.75, 3.05) is 33.9 Å². The Balaban J connectivity index is 4.42. The van der Waals surface area contributed by atoms with Gasteiger partial charge in [0, 0.05) is 12.8 Å². The topological polar surface area (TPSA) is 88.9 Å². The summed E-state index contributed by atoms with van der Waals surface area (Å²) in [6.07, 6.45) is 51.9. The molecule has 0 spiro atoms. The van der Waals surface area contributed by atoms with Crippen molar-refractivity contribution in [1.82, 2.24) is 4.90 Å². The second kappa shape index (κ2) is 51.2. The van der Waals surface area contributed by atoms with E-state index in [1.54, 1.807) is 0 Å². The van der Waals surface area contributed by atoms with Gasteiger partial charge >= 0.3 is 11.9 Å². The zero-order valence-corrected chi connectivity index (χ0v) is 45.5. The number of hydrogen-bond donors (Lipinski definition) is 1. The molecule has 0 aliphatic rings. The predicted octanol–water partition coefficient (Wildman–Crippen LogP) is 18.5. The molecule has 392 valence electrons. The first-order valence-electron chi connectivity index (χ1n) is 29.5. The van der Waals surface area contributed by atoms with Crippen molar-refractivity contribution in [3.05, 3.63) is 0 Å². The number of nitrogens with zero attached hydrogens (tertiary/aromatic N) is 1. The number of esters is 2. The number of ether oxygens (including phenoxy) is 3. The van der Waals surface area contributed by atoms with Gasteiger partial charge in [0.2, 0.25) is 0 Å². The van der Waals surface area contributed by atoms with Crippen LogP contribution in [0.4, 0.5) is 0 Å². The second-order valence-electron chi connectivity index (χ2n) is 20.9. The van der Waals surface area contributed by atoms with Crippen LogP contribution in [0.15, 0.2) is 0 Å². The third kappa shape index (κ3) is 46.1. The lowest BCUT2D eigenvalue weighted by Gasteiger charge is -2.20. The van der Waals surface area contributed by atoms with Crippen LogP contribution in [0, 0.1) is 17.2 Å². The van der Waals surface area contributed by atoms with E-state index >= 15 is 0 Å². The Morgan fingerprint density at radius 1 is 0.424 bits per heavy atom. The van der Waals surface area contributed by atoms with Crippen molar-refractivity contribution in [3.63, 3.8) is 0 Å². The highest BCUT2D eigenvalue weighted by Crippen LogP contribution is 2.24. The molecule has 7 nitrogen and oxygen atoms in total. The first-order valence-corrected chi connectivity index (χ1v) is 29.5. The quantitative estimate of drug-likeness (QED) is 0.0283. The monoisotopic (exact) mass is 933 g/mol. The van der Waals surface area contributed by atoms with Crippen LogP contribution in [0.25, 0.3) is 0 Å². The van der Waals surface area contributed by atoms with Crippen molar-refractivity contribution in [2.24, 2.45) is 11.8 Å². The van der Waals surface area contributed by atoms with Gasteiger partial charge in [-0.25, -0.2) is 0 Å². The number of rotatable bonds is 53. The van der Waals surface area contributed by atoms with Crippen molar-refractivity contribution >= 4 is 17.8 Å². The molecule has 0 fully saturated rings. The number of nitrogens with one attached hydrogen (secondary N) is 1. The highest BCUT2D eigenvalue weighted by molar-refractivity contribution is 5.73. The molecular formula is C59H116N2O5. The fourth-order valence-electron chi connectivity index (χ4n) is 9.51. The molecule has 3 atom stereocenters. The van der Waals surface area contributed by atoms with Crippen LogP contribution in [0.3, 0.4) is 0 Å². The molecule has 0 saturated carbocycles. The van der Waals surface area contributed by atoms with Gasteiger partial charge in [-0.1, -0.05) is 220 Å². The molecule has 0 aliphatic carbocycles. The van der Waals surface area contributed by atoms with E-state index in [9.17, 15) is 9.59 Å². The van der Waals surface area contributed by atoms with E-state index in [1.807, 2.05) is 0 Å². The summed E-state index contributed by atoms with van der Waals surface area (Å²) in [7, 11) is 4.22.